The van der Waals surface area contributed by atoms with Gasteiger partial charge in [-0.25, -0.2) is 4.39 Å². The van der Waals surface area contributed by atoms with Gasteiger partial charge in [-0.05, 0) is 29.8 Å². The molecule has 0 aliphatic heterocycles. The van der Waals surface area contributed by atoms with Crippen LogP contribution in [0.3, 0.4) is 0 Å². The Kier molecular flexibility index (Phi) is 4.83. The maximum atomic E-state index is 13.0. The largest absolute Gasteiger partial charge is 0.350 e. The van der Waals surface area contributed by atoms with E-state index in [1.807, 2.05) is 0 Å². The summed E-state index contributed by atoms with van der Waals surface area (Å²) in [5.41, 5.74) is 1.65. The molecule has 1 aromatic carbocycles. The lowest BCUT2D eigenvalue weighted by Gasteiger charge is -2.08. The average molecular weight is 339 g/mol. The number of halogens is 1. The van der Waals surface area contributed by atoms with Gasteiger partial charge in [0.05, 0.1) is 0 Å². The van der Waals surface area contributed by atoms with E-state index in [4.69, 9.17) is 0 Å². The normalized spacial score (nSPS) is 10.9. The van der Waals surface area contributed by atoms with Crippen molar-refractivity contribution in [2.24, 2.45) is 5.92 Å². The number of carbonyl (C=O) groups is 1. The van der Waals surface area contributed by atoms with Gasteiger partial charge in [0.1, 0.15) is 5.82 Å². The fraction of sp³-hybridized carbons (Fsp3) is 0.222. The van der Waals surface area contributed by atoms with Crippen molar-refractivity contribution in [3.8, 4) is 11.4 Å². The van der Waals surface area contributed by atoms with Crippen LogP contribution in [0.4, 0.5) is 10.3 Å². The molecule has 0 bridgehead atoms. The van der Waals surface area contributed by atoms with Crippen LogP contribution in [0.2, 0.25) is 0 Å². The lowest BCUT2D eigenvalue weighted by atomic mass is 10.2. The number of hydrogen-bond donors (Lipinski definition) is 1. The van der Waals surface area contributed by atoms with Crippen molar-refractivity contribution < 1.29 is 9.18 Å². The number of aromatic nitrogens is 4. The molecule has 0 spiro atoms. The van der Waals surface area contributed by atoms with Gasteiger partial charge < -0.3 is 5.32 Å². The second-order valence-electron chi connectivity index (χ2n) is 5.88. The van der Waals surface area contributed by atoms with E-state index in [9.17, 15) is 9.18 Å². The molecule has 0 atom stereocenters. The smallest absolute Gasteiger partial charge is 0.252 e. The Morgan fingerprint density at radius 3 is 2.48 bits per heavy atom. The molecule has 3 rings (SSSR count). The lowest BCUT2D eigenvalue weighted by molar-refractivity contribution is 0.0841. The van der Waals surface area contributed by atoms with Gasteiger partial charge in [-0.15, -0.1) is 5.10 Å². The summed E-state index contributed by atoms with van der Waals surface area (Å²) in [7, 11) is 0. The first-order chi connectivity index (χ1) is 12.0. The van der Waals surface area contributed by atoms with Crippen LogP contribution >= 0.6 is 0 Å². The van der Waals surface area contributed by atoms with E-state index in [-0.39, 0.29) is 17.6 Å². The van der Waals surface area contributed by atoms with Gasteiger partial charge >= 0.3 is 0 Å². The molecule has 0 aliphatic rings. The van der Waals surface area contributed by atoms with Gasteiger partial charge in [-0.2, -0.15) is 9.67 Å². The van der Waals surface area contributed by atoms with Crippen molar-refractivity contribution in [1.29, 1.82) is 0 Å². The molecule has 0 aliphatic carbocycles. The second-order valence-corrected chi connectivity index (χ2v) is 5.88. The van der Waals surface area contributed by atoms with Gasteiger partial charge in [-0.1, -0.05) is 26.0 Å². The Hall–Kier alpha value is -3.09. The molecule has 2 heterocycles. The third-order valence-electron chi connectivity index (χ3n) is 3.61. The first kappa shape index (κ1) is 16.8. The van der Waals surface area contributed by atoms with E-state index >= 15 is 0 Å². The Balaban J connectivity index is 1.89. The Morgan fingerprint density at radius 2 is 1.84 bits per heavy atom. The van der Waals surface area contributed by atoms with E-state index in [0.717, 1.165) is 11.1 Å². The summed E-state index contributed by atoms with van der Waals surface area (Å²) in [5.74, 6) is 0.127. The van der Waals surface area contributed by atoms with Gasteiger partial charge in [0.15, 0.2) is 5.82 Å². The molecule has 3 aromatic rings. The van der Waals surface area contributed by atoms with E-state index < -0.39 is 0 Å². The zero-order valence-electron chi connectivity index (χ0n) is 14.0. The van der Waals surface area contributed by atoms with Gasteiger partial charge in [0.25, 0.3) is 5.91 Å². The number of carbonyl (C=O) groups excluding carboxylic acids is 1. The van der Waals surface area contributed by atoms with Crippen LogP contribution in [0, 0.1) is 11.7 Å². The fourth-order valence-corrected chi connectivity index (χ4v) is 2.23. The minimum atomic E-state index is -0.290. The maximum absolute atomic E-state index is 13.0. The van der Waals surface area contributed by atoms with Crippen LogP contribution in [0.25, 0.3) is 11.4 Å². The summed E-state index contributed by atoms with van der Waals surface area (Å²) in [4.78, 5) is 20.8. The Labute approximate surface area is 144 Å². The molecule has 6 nitrogen and oxygen atoms in total. The minimum absolute atomic E-state index is 0.158. The monoisotopic (exact) mass is 339 g/mol. The molecule has 0 unspecified atom stereocenters. The molecule has 0 fully saturated rings. The molecule has 0 saturated carbocycles. The lowest BCUT2D eigenvalue weighted by Crippen LogP contribution is -2.21. The molecular weight excluding hydrogens is 321 g/mol. The quantitative estimate of drug-likeness (QED) is 0.771. The Bertz CT molecular complexity index is 859. The average Bonchev–Trinajstić information content (AvgIpc) is 3.05. The SMILES string of the molecule is CC(C)C(=O)n1nc(-c2ccncc2)nc1NCc1ccc(F)cc1. The highest BCUT2D eigenvalue weighted by Gasteiger charge is 2.19. The van der Waals surface area contributed by atoms with E-state index in [0.29, 0.717) is 18.3 Å². The molecule has 0 radical (unpaired) electrons. The number of rotatable bonds is 5. The predicted molar refractivity (Wildman–Crippen MR) is 92.4 cm³/mol. The third kappa shape index (κ3) is 3.88. The molecular formula is C18H18FN5O. The number of anilines is 1. The van der Waals surface area contributed by atoms with Crippen molar-refractivity contribution in [3.63, 3.8) is 0 Å². The summed E-state index contributed by atoms with van der Waals surface area (Å²) >= 11 is 0. The van der Waals surface area contributed by atoms with E-state index in [1.54, 1.807) is 50.5 Å². The number of nitrogens with zero attached hydrogens (tertiary/aromatic N) is 4. The molecule has 2 aromatic heterocycles. The molecule has 25 heavy (non-hydrogen) atoms. The maximum Gasteiger partial charge on any atom is 0.252 e. The third-order valence-corrected chi connectivity index (χ3v) is 3.61. The van der Waals surface area contributed by atoms with Crippen LogP contribution in [0.1, 0.15) is 24.2 Å². The molecule has 7 heteroatoms. The summed E-state index contributed by atoms with van der Waals surface area (Å²) < 4.78 is 14.3. The van der Waals surface area contributed by atoms with E-state index in [2.05, 4.69) is 20.4 Å². The highest BCUT2D eigenvalue weighted by molar-refractivity contribution is 5.83. The summed E-state index contributed by atoms with van der Waals surface area (Å²) in [6.45, 7) is 4.01. The second kappa shape index (κ2) is 7.21. The highest BCUT2D eigenvalue weighted by atomic mass is 19.1. The number of benzene rings is 1. The summed E-state index contributed by atoms with van der Waals surface area (Å²) in [6, 6.07) is 9.70. The fourth-order valence-electron chi connectivity index (χ4n) is 2.23. The zero-order valence-corrected chi connectivity index (χ0v) is 14.0. The standard InChI is InChI=1S/C18H18FN5O/c1-12(2)17(25)24-18(21-11-13-3-5-15(19)6-4-13)22-16(23-24)14-7-9-20-10-8-14/h3-10,12H,11H2,1-2H3,(H,21,22,23). The summed E-state index contributed by atoms with van der Waals surface area (Å²) in [6.07, 6.45) is 3.29. The first-order valence-corrected chi connectivity index (χ1v) is 7.94. The zero-order chi connectivity index (χ0) is 17.8. The van der Waals surface area contributed by atoms with Crippen LogP contribution < -0.4 is 5.32 Å². The minimum Gasteiger partial charge on any atom is -0.350 e. The van der Waals surface area contributed by atoms with Crippen LogP contribution in [0.15, 0.2) is 48.8 Å². The van der Waals surface area contributed by atoms with E-state index in [1.165, 1.54) is 16.8 Å². The predicted octanol–water partition coefficient (Wildman–Crippen LogP) is 3.39. The van der Waals surface area contributed by atoms with Crippen molar-refractivity contribution >= 4 is 11.9 Å². The topological polar surface area (TPSA) is 72.7 Å². The van der Waals surface area contributed by atoms with Gasteiger partial charge in [0.2, 0.25) is 5.95 Å². The van der Waals surface area contributed by atoms with Crippen LogP contribution in [-0.4, -0.2) is 25.7 Å². The van der Waals surface area contributed by atoms with Crippen LogP contribution in [0.5, 0.6) is 0 Å². The number of pyridine rings is 1. The molecule has 0 saturated heterocycles. The van der Waals surface area contributed by atoms with Crippen molar-refractivity contribution in [2.45, 2.75) is 20.4 Å². The number of hydrogen-bond acceptors (Lipinski definition) is 5. The first-order valence-electron chi connectivity index (χ1n) is 7.94. The van der Waals surface area contributed by atoms with Gasteiger partial charge in [-0.3, -0.25) is 9.78 Å². The van der Waals surface area contributed by atoms with Crippen molar-refractivity contribution in [3.05, 3.63) is 60.2 Å². The molecule has 128 valence electrons. The molecule has 1 N–H and O–H groups in total. The number of nitrogens with one attached hydrogen (secondary N) is 1. The Morgan fingerprint density at radius 1 is 1.16 bits per heavy atom. The van der Waals surface area contributed by atoms with Crippen LogP contribution in [-0.2, 0) is 6.54 Å². The van der Waals surface area contributed by atoms with Crippen molar-refractivity contribution in [2.75, 3.05) is 5.32 Å². The van der Waals surface area contributed by atoms with Gasteiger partial charge in [0, 0.05) is 30.4 Å². The highest BCUT2D eigenvalue weighted by Crippen LogP contribution is 2.18. The molecule has 0 amide bonds. The van der Waals surface area contributed by atoms with Crippen molar-refractivity contribution in [1.82, 2.24) is 19.7 Å². The summed E-state index contributed by atoms with van der Waals surface area (Å²) in [5, 5.41) is 7.44.